The van der Waals surface area contributed by atoms with Gasteiger partial charge in [0.2, 0.25) is 0 Å². The number of hydrogen-bond donors (Lipinski definition) is 1. The van der Waals surface area contributed by atoms with Gasteiger partial charge < -0.3 is 15.0 Å². The van der Waals surface area contributed by atoms with Crippen LogP contribution in [0.3, 0.4) is 0 Å². The molecule has 1 saturated heterocycles. The van der Waals surface area contributed by atoms with Gasteiger partial charge in [-0.25, -0.2) is 14.2 Å². The molecule has 3 heterocycles. The summed E-state index contributed by atoms with van der Waals surface area (Å²) in [5.41, 5.74) is 1.69. The van der Waals surface area contributed by atoms with Crippen molar-refractivity contribution in [1.29, 1.82) is 0 Å². The van der Waals surface area contributed by atoms with Crippen LogP contribution >= 0.6 is 11.3 Å². The minimum Gasteiger partial charge on any atom is -0.496 e. The fraction of sp³-hybridized carbons (Fsp3) is 0.480. The number of benzene rings is 1. The normalized spacial score (nSPS) is 21.3. The smallest absolute Gasteiger partial charge is 0.340 e. The predicted octanol–water partition coefficient (Wildman–Crippen LogP) is 2.86. The number of fused-ring (bicyclic) bond motifs is 4. The highest BCUT2D eigenvalue weighted by Crippen LogP contribution is 2.45. The van der Waals surface area contributed by atoms with Crippen LogP contribution in [-0.4, -0.2) is 53.4 Å². The molecule has 180 valence electrons. The lowest BCUT2D eigenvalue weighted by atomic mass is 9.73. The van der Waals surface area contributed by atoms with E-state index in [1.54, 1.807) is 25.6 Å². The van der Waals surface area contributed by atoms with Gasteiger partial charge in [-0.2, -0.15) is 0 Å². The van der Waals surface area contributed by atoms with Crippen LogP contribution in [0.5, 0.6) is 5.75 Å². The maximum Gasteiger partial charge on any atom is 0.340 e. The zero-order chi connectivity index (χ0) is 24.0. The first-order valence-electron chi connectivity index (χ1n) is 11.8. The first kappa shape index (κ1) is 22.9. The average Bonchev–Trinajstić information content (AvgIpc) is 3.50. The second-order valence-corrected chi connectivity index (χ2v) is 10.1. The lowest BCUT2D eigenvalue weighted by Gasteiger charge is -2.32. The van der Waals surface area contributed by atoms with E-state index in [-0.39, 0.29) is 18.1 Å². The quantitative estimate of drug-likeness (QED) is 0.605. The molecule has 0 spiro atoms. The standard InChI is InChI=1S/C25H30N4O4S/c1-4-27(2)24(31)29-23-18(11-13-34-23)22(30)28(25(29)32)12-10-19-21-15(14-26-19)8-9-16-17(21)6-5-7-20(16)33-3/h5-7,11,13,15,19,21,26H,4,8-10,12,14H2,1-3H3/t15-,19?,21+/m0/s1. The monoisotopic (exact) mass is 482 g/mol. The Labute approximate surface area is 201 Å². The molecular formula is C25H30N4O4S. The first-order valence-corrected chi connectivity index (χ1v) is 12.7. The van der Waals surface area contributed by atoms with Gasteiger partial charge in [-0.05, 0) is 67.3 Å². The minimum absolute atomic E-state index is 0.142. The molecule has 1 aliphatic heterocycles. The molecule has 3 atom stereocenters. The molecule has 3 aromatic rings. The van der Waals surface area contributed by atoms with Gasteiger partial charge in [-0.1, -0.05) is 12.1 Å². The van der Waals surface area contributed by atoms with Crippen molar-refractivity contribution in [3.05, 3.63) is 61.6 Å². The van der Waals surface area contributed by atoms with Crippen LogP contribution in [-0.2, 0) is 13.0 Å². The van der Waals surface area contributed by atoms with Crippen LogP contribution in [0.25, 0.3) is 10.2 Å². The van der Waals surface area contributed by atoms with E-state index in [1.807, 2.05) is 19.1 Å². The molecular weight excluding hydrogens is 452 g/mol. The van der Waals surface area contributed by atoms with Crippen LogP contribution in [0, 0.1) is 5.92 Å². The highest BCUT2D eigenvalue weighted by atomic mass is 32.1. The molecule has 5 rings (SSSR count). The molecule has 0 saturated carbocycles. The number of hydrogen-bond acceptors (Lipinski definition) is 6. The van der Waals surface area contributed by atoms with Crippen molar-refractivity contribution < 1.29 is 9.53 Å². The van der Waals surface area contributed by atoms with Gasteiger partial charge in [-0.15, -0.1) is 11.3 Å². The summed E-state index contributed by atoms with van der Waals surface area (Å²) in [5.74, 6) is 1.77. The van der Waals surface area contributed by atoms with Crippen molar-refractivity contribution in [2.45, 2.75) is 44.7 Å². The third-order valence-corrected chi connectivity index (χ3v) is 8.40. The van der Waals surface area contributed by atoms with Crippen molar-refractivity contribution in [2.24, 2.45) is 5.92 Å². The zero-order valence-corrected chi connectivity index (χ0v) is 20.6. The summed E-state index contributed by atoms with van der Waals surface area (Å²) >= 11 is 1.24. The largest absolute Gasteiger partial charge is 0.496 e. The number of aromatic nitrogens is 2. The second kappa shape index (κ2) is 9.03. The van der Waals surface area contributed by atoms with Crippen molar-refractivity contribution in [3.8, 4) is 5.75 Å². The van der Waals surface area contributed by atoms with E-state index in [4.69, 9.17) is 4.74 Å². The Balaban J connectivity index is 1.49. The van der Waals surface area contributed by atoms with Crippen LogP contribution in [0.15, 0.2) is 39.2 Å². The number of thiophene rings is 1. The van der Waals surface area contributed by atoms with E-state index in [0.29, 0.717) is 35.0 Å². The number of carbonyl (C=O) groups is 1. The minimum atomic E-state index is -0.564. The number of nitrogens with zero attached hydrogens (tertiary/aromatic N) is 3. The molecule has 8 nitrogen and oxygen atoms in total. The molecule has 0 radical (unpaired) electrons. The maximum atomic E-state index is 13.4. The molecule has 1 amide bonds. The van der Waals surface area contributed by atoms with Gasteiger partial charge in [0, 0.05) is 32.1 Å². The molecule has 1 fully saturated rings. The molecule has 1 aliphatic carbocycles. The van der Waals surface area contributed by atoms with Gasteiger partial charge >= 0.3 is 11.7 Å². The van der Waals surface area contributed by atoms with Gasteiger partial charge in [0.05, 0.1) is 12.5 Å². The predicted molar refractivity (Wildman–Crippen MR) is 133 cm³/mol. The van der Waals surface area contributed by atoms with Crippen LogP contribution in [0.2, 0.25) is 0 Å². The number of ether oxygens (including phenoxy) is 1. The molecule has 0 bridgehead atoms. The summed E-state index contributed by atoms with van der Waals surface area (Å²) in [6.45, 7) is 3.50. The molecule has 1 N–H and O–H groups in total. The van der Waals surface area contributed by atoms with Gasteiger partial charge in [0.1, 0.15) is 10.6 Å². The number of carbonyl (C=O) groups excluding carboxylic acids is 1. The van der Waals surface area contributed by atoms with Crippen LogP contribution in [0.4, 0.5) is 4.79 Å². The van der Waals surface area contributed by atoms with Crippen LogP contribution in [0.1, 0.15) is 36.8 Å². The Hall–Kier alpha value is -2.91. The molecule has 1 unspecified atom stereocenters. The Kier molecular flexibility index (Phi) is 6.07. The summed E-state index contributed by atoms with van der Waals surface area (Å²) in [4.78, 5) is 41.4. The van der Waals surface area contributed by atoms with E-state index in [2.05, 4.69) is 11.4 Å². The summed E-state index contributed by atoms with van der Waals surface area (Å²) in [7, 11) is 3.36. The SMILES string of the molecule is CCN(C)C(=O)n1c(=O)n(CCC2NC[C@@H]3CCc4c(OC)cccc4[C@H]23)c(=O)c2ccsc21. The second-order valence-electron chi connectivity index (χ2n) is 9.17. The van der Waals surface area contributed by atoms with E-state index < -0.39 is 11.7 Å². The molecule has 2 aromatic heterocycles. The topological polar surface area (TPSA) is 85.6 Å². The highest BCUT2D eigenvalue weighted by molar-refractivity contribution is 7.16. The number of amides is 1. The fourth-order valence-electron chi connectivity index (χ4n) is 5.62. The zero-order valence-electron chi connectivity index (χ0n) is 19.7. The third-order valence-electron chi connectivity index (χ3n) is 7.50. The fourth-order valence-corrected chi connectivity index (χ4v) is 6.50. The van der Waals surface area contributed by atoms with E-state index in [0.717, 1.165) is 29.7 Å². The Bertz CT molecular complexity index is 1360. The molecule has 2 aliphatic rings. The highest BCUT2D eigenvalue weighted by Gasteiger charge is 2.40. The Morgan fingerprint density at radius 2 is 2.12 bits per heavy atom. The number of rotatable bonds is 5. The number of methoxy groups -OCH3 is 1. The molecule has 1 aromatic carbocycles. The lowest BCUT2D eigenvalue weighted by molar-refractivity contribution is 0.212. The van der Waals surface area contributed by atoms with E-state index in [1.165, 1.54) is 31.9 Å². The number of nitrogens with one attached hydrogen (secondary N) is 1. The Morgan fingerprint density at radius 1 is 1.29 bits per heavy atom. The summed E-state index contributed by atoms with van der Waals surface area (Å²) < 4.78 is 8.00. The van der Waals surface area contributed by atoms with Crippen molar-refractivity contribution in [1.82, 2.24) is 19.4 Å². The Morgan fingerprint density at radius 3 is 2.88 bits per heavy atom. The van der Waals surface area contributed by atoms with Crippen molar-refractivity contribution in [2.75, 3.05) is 27.2 Å². The summed E-state index contributed by atoms with van der Waals surface area (Å²) in [5, 5.41) is 5.81. The van der Waals surface area contributed by atoms with Gasteiger partial charge in [-0.3, -0.25) is 9.36 Å². The maximum absolute atomic E-state index is 13.4. The average molecular weight is 483 g/mol. The van der Waals surface area contributed by atoms with Gasteiger partial charge in [0.25, 0.3) is 5.56 Å². The van der Waals surface area contributed by atoms with Crippen molar-refractivity contribution >= 4 is 27.6 Å². The summed E-state index contributed by atoms with van der Waals surface area (Å²) in [6.07, 6.45) is 2.72. The van der Waals surface area contributed by atoms with Gasteiger partial charge in [0.15, 0.2) is 0 Å². The van der Waals surface area contributed by atoms with E-state index in [9.17, 15) is 14.4 Å². The van der Waals surface area contributed by atoms with E-state index >= 15 is 0 Å². The van der Waals surface area contributed by atoms with Crippen molar-refractivity contribution in [3.63, 3.8) is 0 Å². The third kappa shape index (κ3) is 3.58. The first-order chi connectivity index (χ1) is 16.5. The lowest BCUT2D eigenvalue weighted by Crippen LogP contribution is -2.46. The summed E-state index contributed by atoms with van der Waals surface area (Å²) in [6, 6.07) is 7.66. The van der Waals surface area contributed by atoms with Crippen LogP contribution < -0.4 is 21.3 Å². The molecule has 34 heavy (non-hydrogen) atoms. The molecule has 9 heteroatoms.